The number of likely N-dealkylation sites (tertiary alicyclic amines) is 1. The van der Waals surface area contributed by atoms with Gasteiger partial charge in [-0.1, -0.05) is 39.3 Å². The highest BCUT2D eigenvalue weighted by molar-refractivity contribution is 7.85. The van der Waals surface area contributed by atoms with Crippen molar-refractivity contribution in [3.05, 3.63) is 53.6 Å². The first-order valence-electron chi connectivity index (χ1n) is 42.7. The molecule has 3 heterocycles. The number of nitrogens with two attached hydrogens (primary N) is 3. The lowest BCUT2D eigenvalue weighted by Crippen LogP contribution is -2.59. The van der Waals surface area contributed by atoms with Gasteiger partial charge in [-0.2, -0.15) is 0 Å². The normalized spacial score (nSPS) is 18.1. The number of aromatic nitrogens is 1. The Labute approximate surface area is 759 Å². The van der Waals surface area contributed by atoms with Crippen molar-refractivity contribution in [2.75, 3.05) is 183 Å². The third kappa shape index (κ3) is 40.2. The van der Waals surface area contributed by atoms with Crippen LogP contribution in [0.3, 0.4) is 0 Å². The Hall–Kier alpha value is -11.2. The summed E-state index contributed by atoms with van der Waals surface area (Å²) >= 11 is 0. The van der Waals surface area contributed by atoms with Gasteiger partial charge in [-0.3, -0.25) is 71.3 Å². The zero-order valence-corrected chi connectivity index (χ0v) is 75.8. The zero-order chi connectivity index (χ0) is 96.7. The molecule has 0 radical (unpaired) electrons. The number of carbonyl (C=O) groups is 16. The lowest BCUT2D eigenvalue weighted by molar-refractivity contribution is -0.138. The van der Waals surface area contributed by atoms with Crippen LogP contribution in [0.2, 0.25) is 0 Å². The van der Waals surface area contributed by atoms with Gasteiger partial charge in [0.15, 0.2) is 0 Å². The fraction of sp³-hybridized carbons (Fsp3) is 0.634. The minimum Gasteiger partial charge on any atom is -0.445 e. The SMILES string of the molecule is CC[C@H](C)[C@@H]1NC(=O)CNC(=O)[C@H](NC(=O)[C@@H](NC(C)=O)[C@@H](C)[C@@H](O)CO)Cc2c([nH]c3cc(OC(=O)N(C)CCN(CCOCCOCCOCCN)C(=O)OCc4ccc(NC(=O)[C@H](CC(N)=O)NC(=O)[C@H](C)NC(=O)[C@H](C)NC(=O)CCOCCOCCOCCOCCOC)cc4)ccc23)S(=O)C[C@@H](C(=O)N[C@@H](CC(N)=O)C(=O)N2CC[C@@H](O)C2)NC(=O)CNC1=O. The second-order valence-corrected chi connectivity index (χ2v) is 32.2. The highest BCUT2D eigenvalue weighted by atomic mass is 32.2. The van der Waals surface area contributed by atoms with Crippen LogP contribution in [0.15, 0.2) is 47.5 Å². The number of ether oxygens (including phenoxy) is 10. The highest BCUT2D eigenvalue weighted by Gasteiger charge is 2.39. The van der Waals surface area contributed by atoms with Crippen LogP contribution in [0.1, 0.15) is 84.8 Å². The van der Waals surface area contributed by atoms with Gasteiger partial charge in [-0.15, -0.1) is 0 Å². The molecule has 1 aromatic heterocycles. The minimum absolute atomic E-state index is 0.000692. The number of nitrogens with zero attached hydrogens (tertiary/aromatic N) is 3. The van der Waals surface area contributed by atoms with Crippen LogP contribution >= 0.6 is 0 Å². The summed E-state index contributed by atoms with van der Waals surface area (Å²) in [7, 11) is 0.307. The molecule has 0 saturated carbocycles. The van der Waals surface area contributed by atoms with E-state index in [0.717, 1.165) is 11.8 Å². The molecular formula is C82H128N18O30S. The van der Waals surface area contributed by atoms with Gasteiger partial charge in [0.2, 0.25) is 82.7 Å². The van der Waals surface area contributed by atoms with Crippen LogP contribution in [0.4, 0.5) is 15.3 Å². The Kier molecular flexibility index (Phi) is 49.9. The molecule has 2 aromatic carbocycles. The molecule has 732 valence electrons. The molecule has 13 atom stereocenters. The van der Waals surface area contributed by atoms with E-state index in [1.54, 1.807) is 21.0 Å². The highest BCUT2D eigenvalue weighted by Crippen LogP contribution is 2.31. The van der Waals surface area contributed by atoms with Crippen molar-refractivity contribution in [3.63, 3.8) is 0 Å². The Morgan fingerprint density at radius 3 is 1.81 bits per heavy atom. The molecule has 5 rings (SSSR count). The number of anilines is 1. The molecular weight excluding hydrogens is 1750 g/mol. The van der Waals surface area contributed by atoms with Crippen LogP contribution in [0.25, 0.3) is 10.9 Å². The van der Waals surface area contributed by atoms with Crippen molar-refractivity contribution in [2.24, 2.45) is 29.0 Å². The first-order valence-corrected chi connectivity index (χ1v) is 44.0. The Morgan fingerprint density at radius 2 is 1.23 bits per heavy atom. The predicted octanol–water partition coefficient (Wildman–Crippen LogP) is -6.50. The molecule has 49 heteroatoms. The van der Waals surface area contributed by atoms with Gasteiger partial charge in [0.1, 0.15) is 65.7 Å². The molecule has 48 nitrogen and oxygen atoms in total. The number of amides is 16. The smallest absolute Gasteiger partial charge is 0.415 e. The van der Waals surface area contributed by atoms with E-state index in [1.165, 1.54) is 80.1 Å². The largest absolute Gasteiger partial charge is 0.445 e. The molecule has 1 fully saturated rings. The summed E-state index contributed by atoms with van der Waals surface area (Å²) in [6.07, 6.45) is -6.24. The van der Waals surface area contributed by atoms with Crippen molar-refractivity contribution < 1.29 is 144 Å². The number of carbonyl (C=O) groups excluding carboxylic acids is 16. The van der Waals surface area contributed by atoms with E-state index >= 15 is 4.21 Å². The maximum Gasteiger partial charge on any atom is 0.415 e. The van der Waals surface area contributed by atoms with Gasteiger partial charge in [0.05, 0.1) is 166 Å². The van der Waals surface area contributed by atoms with E-state index in [0.29, 0.717) is 64.8 Å². The molecule has 1 saturated heterocycles. The summed E-state index contributed by atoms with van der Waals surface area (Å²) in [6.45, 7) is 9.05. The number of rotatable bonds is 54. The molecule has 2 aliphatic rings. The van der Waals surface area contributed by atoms with E-state index in [-0.39, 0.29) is 138 Å². The van der Waals surface area contributed by atoms with Crippen LogP contribution in [0.5, 0.6) is 5.75 Å². The molecule has 1 unspecified atom stereocenters. The number of methoxy groups -OCH3 is 1. The number of primary amides is 2. The number of hydrogen-bond acceptors (Lipinski definition) is 31. The van der Waals surface area contributed by atoms with E-state index in [9.17, 15) is 92.0 Å². The average molecular weight is 1880 g/mol. The first kappa shape index (κ1) is 110. The Balaban J connectivity index is 1.36. The number of benzene rings is 2. The molecule has 21 N–H and O–H groups in total. The molecule has 0 bridgehead atoms. The van der Waals surface area contributed by atoms with Crippen LogP contribution in [0, 0.1) is 11.8 Å². The number of fused-ring (bicyclic) bond motifs is 3. The summed E-state index contributed by atoms with van der Waals surface area (Å²) < 4.78 is 70.1. The van der Waals surface area contributed by atoms with Gasteiger partial charge in [0, 0.05) is 96.2 Å². The third-order valence-electron chi connectivity index (χ3n) is 20.3. The van der Waals surface area contributed by atoms with Crippen LogP contribution < -0.4 is 80.4 Å². The van der Waals surface area contributed by atoms with Gasteiger partial charge in [-0.25, -0.2) is 9.59 Å². The number of aromatic amines is 1. The van der Waals surface area contributed by atoms with Crippen molar-refractivity contribution in [2.45, 2.75) is 152 Å². The first-order chi connectivity index (χ1) is 62.5. The molecule has 3 aromatic rings. The number of aliphatic hydroxyl groups excluding tert-OH is 3. The number of nitrogens with one attached hydrogen (secondary N) is 12. The Morgan fingerprint density at radius 1 is 0.656 bits per heavy atom. The van der Waals surface area contributed by atoms with Gasteiger partial charge in [-0.05, 0) is 61.6 Å². The second-order valence-electron chi connectivity index (χ2n) is 30.7. The predicted molar refractivity (Wildman–Crippen MR) is 465 cm³/mol. The fourth-order valence-corrected chi connectivity index (χ4v) is 14.1. The number of aliphatic hydroxyl groups is 3. The molecule has 0 spiro atoms. The third-order valence-corrected chi connectivity index (χ3v) is 21.8. The van der Waals surface area contributed by atoms with Gasteiger partial charge >= 0.3 is 12.2 Å². The van der Waals surface area contributed by atoms with Crippen molar-refractivity contribution in [1.29, 1.82) is 0 Å². The zero-order valence-electron chi connectivity index (χ0n) is 74.9. The number of likely N-dealkylation sites (N-methyl/N-ethyl adjacent to an activating group) is 1. The summed E-state index contributed by atoms with van der Waals surface area (Å²) in [5, 5.41) is 57.8. The maximum atomic E-state index is 15.4. The van der Waals surface area contributed by atoms with Crippen molar-refractivity contribution in [1.82, 2.24) is 72.9 Å². The summed E-state index contributed by atoms with van der Waals surface area (Å²) in [4.78, 5) is 224. The average Bonchev–Trinajstić information content (AvgIpc) is 1.63. The number of H-pyrrole nitrogens is 1. The lowest BCUT2D eigenvalue weighted by Gasteiger charge is -2.29. The maximum absolute atomic E-state index is 15.4. The summed E-state index contributed by atoms with van der Waals surface area (Å²) in [5.41, 5.74) is 17.0. The van der Waals surface area contributed by atoms with E-state index < -0.39 is 223 Å². The Bertz CT molecular complexity index is 4280. The van der Waals surface area contributed by atoms with E-state index in [1.807, 2.05) is 0 Å². The molecule has 2 aliphatic heterocycles. The summed E-state index contributed by atoms with van der Waals surface area (Å²) in [6, 6.07) is -2.63. The minimum atomic E-state index is -2.61. The second kappa shape index (κ2) is 59.2. The van der Waals surface area contributed by atoms with E-state index in [4.69, 9.17) is 64.6 Å². The quantitative estimate of drug-likeness (QED) is 0.0234. The number of β-amino-alcohol motifs (C(OH)–C–C–N with tert-alkyl or cyclic N) is 1. The topological polar surface area (TPSA) is 679 Å². The van der Waals surface area contributed by atoms with E-state index in [2.05, 4.69) is 63.5 Å². The fourth-order valence-electron chi connectivity index (χ4n) is 12.7. The van der Waals surface area contributed by atoms with Crippen molar-refractivity contribution in [3.8, 4) is 5.75 Å². The van der Waals surface area contributed by atoms with Crippen molar-refractivity contribution >= 4 is 122 Å². The lowest BCUT2D eigenvalue weighted by atomic mass is 9.94. The van der Waals surface area contributed by atoms with Gasteiger partial charge in [0.25, 0.3) is 0 Å². The monoisotopic (exact) mass is 1880 g/mol. The van der Waals surface area contributed by atoms with Gasteiger partial charge < -0.3 is 158 Å². The van der Waals surface area contributed by atoms with Crippen LogP contribution in [-0.4, -0.2) is 373 Å². The molecule has 131 heavy (non-hydrogen) atoms. The summed E-state index contributed by atoms with van der Waals surface area (Å²) in [5.74, 6) is -15.9. The molecule has 16 amide bonds. The molecule has 0 aliphatic carbocycles. The van der Waals surface area contributed by atoms with Crippen LogP contribution in [-0.2, 0) is 134 Å². The number of hydrogen-bond donors (Lipinski definition) is 18. The standard InChI is InChI=1S/C82H128N18O30S/c1-9-48(2)70-77(115)87-42-68(108)92-63(76(114)95-62(41-66(85)106)80(117)100-19-16-55(103)44-100)47-131(120)79-58(39-60(74(112)86-43-69(109)97-70)94-78(116)71(90-52(6)102)49(3)64(104)45-101)57-15-14-56(38-59(57)96-79)130-81(118)98(7)20-21-99(22-25-124-30-33-127-32-29-123-24-18-83)82(119)129-46-53-10-12-54(13-11-53)91-75(113)61(40-65(84)105)93-73(111)51(5)89-72(110)50(4)88-67(107)17-23-122-28-31-126-36-37-128-35-34-125-27-26-121-8/h10-15,38,48-51,55,60-64,70-71,96,101,103-104H,9,16-37,39-47,83H2,1-8H3,(H2,84,105)(H2,85,106)(H,86,112)(H,87,115)(H,88,107)(H,89,110)(H,90,102)(H,91,113)(H,92,108)(H,93,111)(H,94,116)(H,95,114)(H,97,109)/t48-,49-,50-,51-,55+,60+,61-,62-,63-,64-,70-,71-,131?/m0/s1.